The second-order valence-electron chi connectivity index (χ2n) is 18.5. The van der Waals surface area contributed by atoms with Crippen LogP contribution in [0, 0.1) is 5.82 Å². The van der Waals surface area contributed by atoms with Crippen molar-refractivity contribution < 1.29 is 47.5 Å². The quantitative estimate of drug-likeness (QED) is 0.0395. The molecular formula is C49H69FN16O9. The number of halogens is 1. The number of aliphatic imine (C=N–C) groups is 2. The highest BCUT2D eigenvalue weighted by Crippen LogP contribution is 2.22. The highest BCUT2D eigenvalue weighted by atomic mass is 19.1. The first-order valence-corrected chi connectivity index (χ1v) is 24.8. The molecular weight excluding hydrogens is 976 g/mol. The first kappa shape index (κ1) is 57.6. The summed E-state index contributed by atoms with van der Waals surface area (Å²) in [5.74, 6) is -7.69. The number of hydrogen-bond donors (Lipinski definition) is 13. The van der Waals surface area contributed by atoms with Crippen molar-refractivity contribution >= 4 is 76.0 Å². The number of aromatic amines is 1. The number of amides is 9. The van der Waals surface area contributed by atoms with Gasteiger partial charge in [0.2, 0.25) is 53.2 Å². The zero-order valence-electron chi connectivity index (χ0n) is 41.8. The van der Waals surface area contributed by atoms with E-state index >= 15 is 0 Å². The number of benzene rings is 2. The van der Waals surface area contributed by atoms with Crippen LogP contribution >= 0.6 is 0 Å². The predicted molar refractivity (Wildman–Crippen MR) is 275 cm³/mol. The maximum absolute atomic E-state index is 14.6. The normalized spacial score (nSPS) is 22.0. The molecule has 0 bridgehead atoms. The maximum Gasteiger partial charge on any atom is 0.245 e. The Hall–Kier alpha value is -8.32. The monoisotopic (exact) mass is 1040 g/mol. The van der Waals surface area contributed by atoms with Crippen LogP contribution in [0.4, 0.5) is 4.39 Å². The average molecular weight is 1050 g/mol. The molecule has 0 unspecified atom stereocenters. The Morgan fingerprint density at radius 3 is 2.09 bits per heavy atom. The SMILES string of the molecule is CC(=O)N[C@@H](CCCN=C(N)N)C(=O)N[C@H]1CCC(=O)NCCC[C@@H](C(N)=O)NC(=O)[C@H](Cc2c[nH]c3ccccc23)NC(=O)[C@H](CCCN=C(N)N)NC(=O)[C@@H](Cc2ccc(F)cc2)NC(=O)[C@@H]2CCCN2C1=O. The summed E-state index contributed by atoms with van der Waals surface area (Å²) < 4.78 is 14.1. The minimum absolute atomic E-state index is 0.00590. The maximum atomic E-state index is 14.6. The second kappa shape index (κ2) is 28.2. The van der Waals surface area contributed by atoms with Crippen LogP contribution in [-0.4, -0.2) is 143 Å². The minimum atomic E-state index is -1.45. The van der Waals surface area contributed by atoms with Gasteiger partial charge in [0.1, 0.15) is 48.1 Å². The molecule has 26 heteroatoms. The standard InChI is InChI=1S/C49H69FN16O9/c1-27(67)60-34(11-5-21-57-48(52)53)42(70)63-36-18-19-40(68)56-20-4-10-33(41(51)69)61-45(73)38(25-29-26-59-32-9-3-2-8-31(29)32)64-43(71)35(12-6-22-58-49(54)55)62-44(72)37(24-28-14-16-30(50)17-15-28)65-46(74)39-13-7-23-66(39)47(36)75/h2-3,8-9,14-17,26,33-39,59H,4-7,10-13,18-25H2,1H3,(H2,51,69)(H,56,68)(H,60,67)(H,61,73)(H,62,72)(H,63,70)(H,64,71)(H,65,74)(H4,52,53,57)(H4,54,55,58)/t33-,34-,35-,36-,37+,38-,39-/m0/s1. The fraction of sp³-hybridized carbons (Fsp3) is 0.490. The van der Waals surface area contributed by atoms with Crippen molar-refractivity contribution in [2.45, 2.75) is 126 Å². The number of primary amides is 1. The van der Waals surface area contributed by atoms with E-state index in [0.29, 0.717) is 17.5 Å². The first-order valence-electron chi connectivity index (χ1n) is 24.8. The lowest BCUT2D eigenvalue weighted by atomic mass is 10.0. The zero-order chi connectivity index (χ0) is 54.6. The lowest BCUT2D eigenvalue weighted by Crippen LogP contribution is -2.60. The fourth-order valence-electron chi connectivity index (χ4n) is 8.89. The minimum Gasteiger partial charge on any atom is -0.370 e. The van der Waals surface area contributed by atoms with Gasteiger partial charge in [0, 0.05) is 69.5 Å². The van der Waals surface area contributed by atoms with E-state index in [1.54, 1.807) is 12.3 Å². The molecule has 7 atom stereocenters. The van der Waals surface area contributed by atoms with E-state index in [1.165, 1.54) is 36.1 Å². The van der Waals surface area contributed by atoms with Crippen molar-refractivity contribution in [3.63, 3.8) is 0 Å². The van der Waals surface area contributed by atoms with E-state index < -0.39 is 101 Å². The molecule has 18 N–H and O–H groups in total. The van der Waals surface area contributed by atoms with Gasteiger partial charge in [-0.05, 0) is 87.1 Å². The number of nitrogens with one attached hydrogen (secondary N) is 8. The average Bonchev–Trinajstić information content (AvgIpc) is 4.03. The van der Waals surface area contributed by atoms with Gasteiger partial charge < -0.3 is 75.8 Å². The molecule has 0 aliphatic carbocycles. The third-order valence-electron chi connectivity index (χ3n) is 12.7. The van der Waals surface area contributed by atoms with E-state index in [1.807, 2.05) is 18.2 Å². The van der Waals surface area contributed by atoms with Crippen LogP contribution in [0.1, 0.15) is 82.3 Å². The Bertz CT molecular complexity index is 2580. The molecule has 2 aliphatic rings. The molecule has 406 valence electrons. The van der Waals surface area contributed by atoms with Crippen LogP contribution in [0.2, 0.25) is 0 Å². The number of guanidine groups is 2. The van der Waals surface area contributed by atoms with E-state index in [9.17, 15) is 47.5 Å². The Labute approximate surface area is 432 Å². The van der Waals surface area contributed by atoms with Gasteiger partial charge in [0.25, 0.3) is 0 Å². The van der Waals surface area contributed by atoms with Gasteiger partial charge in [-0.1, -0.05) is 30.3 Å². The lowest BCUT2D eigenvalue weighted by molar-refractivity contribution is -0.143. The lowest BCUT2D eigenvalue weighted by Gasteiger charge is -2.31. The number of rotatable bonds is 16. The molecule has 0 saturated carbocycles. The summed E-state index contributed by atoms with van der Waals surface area (Å²) in [5, 5.41) is 19.6. The molecule has 25 nitrogen and oxygen atoms in total. The van der Waals surface area contributed by atoms with Gasteiger partial charge in [-0.3, -0.25) is 53.1 Å². The summed E-state index contributed by atoms with van der Waals surface area (Å²) >= 11 is 0. The number of aromatic nitrogens is 1. The number of carbonyl (C=O) groups is 9. The van der Waals surface area contributed by atoms with Crippen LogP contribution in [0.25, 0.3) is 10.9 Å². The highest BCUT2D eigenvalue weighted by Gasteiger charge is 2.40. The third kappa shape index (κ3) is 18.0. The van der Waals surface area contributed by atoms with Gasteiger partial charge in [0.15, 0.2) is 11.9 Å². The van der Waals surface area contributed by atoms with Crippen LogP contribution < -0.4 is 65.9 Å². The summed E-state index contributed by atoms with van der Waals surface area (Å²) in [6.45, 7) is 1.42. The highest BCUT2D eigenvalue weighted by molar-refractivity contribution is 5.98. The van der Waals surface area contributed by atoms with Crippen molar-refractivity contribution in [1.82, 2.24) is 47.1 Å². The van der Waals surface area contributed by atoms with Gasteiger partial charge in [-0.15, -0.1) is 0 Å². The molecule has 9 amide bonds. The Morgan fingerprint density at radius 2 is 1.40 bits per heavy atom. The number of fused-ring (bicyclic) bond motifs is 2. The van der Waals surface area contributed by atoms with Crippen LogP contribution in [0.5, 0.6) is 0 Å². The van der Waals surface area contributed by atoms with E-state index in [4.69, 9.17) is 28.7 Å². The Morgan fingerprint density at radius 1 is 0.760 bits per heavy atom. The fourth-order valence-corrected chi connectivity index (χ4v) is 8.89. The van der Waals surface area contributed by atoms with Crippen LogP contribution in [0.3, 0.4) is 0 Å². The number of carbonyl (C=O) groups excluding carboxylic acids is 9. The van der Waals surface area contributed by atoms with Gasteiger partial charge in [0.05, 0.1) is 0 Å². The largest absolute Gasteiger partial charge is 0.370 e. The van der Waals surface area contributed by atoms with Crippen molar-refractivity contribution in [3.05, 3.63) is 71.7 Å². The molecule has 2 fully saturated rings. The topological polar surface area (TPSA) is 412 Å². The summed E-state index contributed by atoms with van der Waals surface area (Å²) in [4.78, 5) is 137. The molecule has 1 aromatic heterocycles. The van der Waals surface area contributed by atoms with Crippen molar-refractivity contribution in [3.8, 4) is 0 Å². The molecule has 75 heavy (non-hydrogen) atoms. The number of H-pyrrole nitrogens is 1. The molecule has 2 aliphatic heterocycles. The molecule has 2 aromatic carbocycles. The molecule has 3 heterocycles. The Balaban J connectivity index is 1.52. The smallest absolute Gasteiger partial charge is 0.245 e. The van der Waals surface area contributed by atoms with Crippen molar-refractivity contribution in [2.75, 3.05) is 26.2 Å². The van der Waals surface area contributed by atoms with E-state index in [0.717, 1.165) is 10.9 Å². The first-order chi connectivity index (χ1) is 35.8. The summed E-state index contributed by atoms with van der Waals surface area (Å²) in [6.07, 6.45) is 1.72. The molecule has 2 saturated heterocycles. The Kier molecular flexibility index (Phi) is 21.7. The van der Waals surface area contributed by atoms with E-state index in [-0.39, 0.29) is 109 Å². The molecule has 0 radical (unpaired) electrons. The molecule has 3 aromatic rings. The summed E-state index contributed by atoms with van der Waals surface area (Å²) in [5.41, 5.74) is 29.6. The predicted octanol–water partition coefficient (Wildman–Crippen LogP) is -2.71. The zero-order valence-corrected chi connectivity index (χ0v) is 41.8. The molecule has 5 rings (SSSR count). The van der Waals surface area contributed by atoms with E-state index in [2.05, 4.69) is 52.2 Å². The van der Waals surface area contributed by atoms with Crippen LogP contribution in [0.15, 0.2) is 64.7 Å². The number of nitrogens with two attached hydrogens (primary N) is 5. The van der Waals surface area contributed by atoms with Gasteiger partial charge in [-0.25, -0.2) is 4.39 Å². The number of hydrogen-bond acceptors (Lipinski definition) is 11. The summed E-state index contributed by atoms with van der Waals surface area (Å²) in [7, 11) is 0. The third-order valence-corrected chi connectivity index (χ3v) is 12.7. The van der Waals surface area contributed by atoms with Crippen LogP contribution in [-0.2, 0) is 56.0 Å². The van der Waals surface area contributed by atoms with Crippen molar-refractivity contribution in [1.29, 1.82) is 0 Å². The van der Waals surface area contributed by atoms with Gasteiger partial charge in [-0.2, -0.15) is 0 Å². The summed E-state index contributed by atoms with van der Waals surface area (Å²) in [6, 6.07) is 3.20. The second-order valence-corrected chi connectivity index (χ2v) is 18.5. The van der Waals surface area contributed by atoms with Crippen molar-refractivity contribution in [2.24, 2.45) is 38.7 Å². The van der Waals surface area contributed by atoms with Gasteiger partial charge >= 0.3 is 0 Å². The number of para-hydroxylation sites is 1. The number of nitrogens with zero attached hydrogens (tertiary/aromatic N) is 3. The molecule has 0 spiro atoms.